The van der Waals surface area contributed by atoms with Gasteiger partial charge in [0.25, 0.3) is 0 Å². The van der Waals surface area contributed by atoms with Crippen LogP contribution < -0.4 is 5.73 Å². The smallest absolute Gasteiger partial charge is 0.0703 e. The molecule has 0 radical (unpaired) electrons. The Morgan fingerprint density at radius 2 is 2.39 bits per heavy atom. The first-order chi connectivity index (χ1) is 8.74. The lowest BCUT2D eigenvalue weighted by Gasteiger charge is -2.31. The maximum atomic E-state index is 5.99. The molecule has 0 saturated carbocycles. The molecule has 0 bridgehead atoms. The molecule has 18 heavy (non-hydrogen) atoms. The third kappa shape index (κ3) is 3.32. The van der Waals surface area contributed by atoms with E-state index in [1.807, 2.05) is 11.3 Å². The molecule has 1 aliphatic heterocycles. The molecule has 0 amide bonds. The molecule has 0 aromatic carbocycles. The Morgan fingerprint density at radius 3 is 2.89 bits per heavy atom. The van der Waals surface area contributed by atoms with Gasteiger partial charge in [-0.05, 0) is 38.4 Å². The molecule has 102 valence electrons. The predicted molar refractivity (Wildman–Crippen MR) is 77.1 cm³/mol. The molecule has 2 rings (SSSR count). The zero-order chi connectivity index (χ0) is 13.0. The molecule has 1 fully saturated rings. The summed E-state index contributed by atoms with van der Waals surface area (Å²) in [6.45, 7) is 8.00. The minimum absolute atomic E-state index is 0.345. The van der Waals surface area contributed by atoms with E-state index in [9.17, 15) is 0 Å². The van der Waals surface area contributed by atoms with Crippen molar-refractivity contribution in [2.45, 2.75) is 38.8 Å². The van der Waals surface area contributed by atoms with E-state index in [0.29, 0.717) is 18.7 Å². The zero-order valence-corrected chi connectivity index (χ0v) is 12.2. The molecule has 2 atom stereocenters. The topological polar surface area (TPSA) is 38.5 Å². The average Bonchev–Trinajstić information content (AvgIpc) is 3.01. The van der Waals surface area contributed by atoms with Crippen molar-refractivity contribution in [3.8, 4) is 0 Å². The number of aryl methyl sites for hydroxylation is 1. The summed E-state index contributed by atoms with van der Waals surface area (Å²) in [4.78, 5) is 5.20. The Kier molecular flexibility index (Phi) is 5.18. The quantitative estimate of drug-likeness (QED) is 0.862. The van der Waals surface area contributed by atoms with Crippen molar-refractivity contribution < 1.29 is 4.74 Å². The number of thiophene rings is 1. The van der Waals surface area contributed by atoms with Crippen LogP contribution in [0.4, 0.5) is 0 Å². The molecule has 2 heterocycles. The fraction of sp³-hybridized carbons (Fsp3) is 0.714. The van der Waals surface area contributed by atoms with E-state index in [1.165, 1.54) is 22.6 Å². The van der Waals surface area contributed by atoms with Gasteiger partial charge in [0.2, 0.25) is 0 Å². The van der Waals surface area contributed by atoms with E-state index in [-0.39, 0.29) is 0 Å². The third-order valence-electron chi connectivity index (χ3n) is 3.62. The number of hydrogen-bond acceptors (Lipinski definition) is 4. The Bertz CT molecular complexity index is 360. The van der Waals surface area contributed by atoms with Gasteiger partial charge in [-0.3, -0.25) is 4.90 Å². The molecule has 4 heteroatoms. The van der Waals surface area contributed by atoms with Gasteiger partial charge in [-0.25, -0.2) is 0 Å². The van der Waals surface area contributed by atoms with Crippen LogP contribution in [-0.4, -0.2) is 37.2 Å². The molecule has 0 aliphatic carbocycles. The number of nitrogens with zero attached hydrogens (tertiary/aromatic N) is 1. The Hall–Kier alpha value is -0.420. The van der Waals surface area contributed by atoms with Crippen molar-refractivity contribution in [2.75, 3.05) is 26.2 Å². The number of rotatable bonds is 6. The second-order valence-electron chi connectivity index (χ2n) is 4.92. The lowest BCUT2D eigenvalue weighted by Crippen LogP contribution is -2.38. The molecular formula is C14H24N2OS. The van der Waals surface area contributed by atoms with E-state index < -0.39 is 0 Å². The van der Waals surface area contributed by atoms with E-state index in [1.54, 1.807) is 0 Å². The van der Waals surface area contributed by atoms with Gasteiger partial charge in [0, 0.05) is 29.5 Å². The number of likely N-dealkylation sites (N-methyl/N-ethyl adjacent to an activating group) is 1. The monoisotopic (exact) mass is 268 g/mol. The first-order valence-corrected chi connectivity index (χ1v) is 7.68. The van der Waals surface area contributed by atoms with Gasteiger partial charge >= 0.3 is 0 Å². The van der Waals surface area contributed by atoms with Crippen LogP contribution in [0.25, 0.3) is 0 Å². The van der Waals surface area contributed by atoms with Crippen LogP contribution in [0.2, 0.25) is 0 Å². The second kappa shape index (κ2) is 6.66. The molecule has 2 N–H and O–H groups in total. The maximum absolute atomic E-state index is 5.99. The van der Waals surface area contributed by atoms with Crippen LogP contribution in [0.3, 0.4) is 0 Å². The SMILES string of the molecule is CCN(CC1CCCO1)C(CN)c1ccc(C)s1. The Balaban J connectivity index is 2.03. The van der Waals surface area contributed by atoms with Gasteiger partial charge in [-0.1, -0.05) is 6.92 Å². The van der Waals surface area contributed by atoms with Crippen LogP contribution >= 0.6 is 11.3 Å². The largest absolute Gasteiger partial charge is 0.377 e. The van der Waals surface area contributed by atoms with Crippen molar-refractivity contribution >= 4 is 11.3 Å². The number of hydrogen-bond donors (Lipinski definition) is 1. The van der Waals surface area contributed by atoms with Crippen molar-refractivity contribution in [1.29, 1.82) is 0 Å². The van der Waals surface area contributed by atoms with Crippen LogP contribution in [0.15, 0.2) is 12.1 Å². The minimum atomic E-state index is 0.345. The fourth-order valence-corrected chi connectivity index (χ4v) is 3.63. The zero-order valence-electron chi connectivity index (χ0n) is 11.4. The van der Waals surface area contributed by atoms with Gasteiger partial charge in [0.1, 0.15) is 0 Å². The first kappa shape index (κ1) is 14.0. The molecule has 1 saturated heterocycles. The third-order valence-corrected chi connectivity index (χ3v) is 4.72. The van der Waals surface area contributed by atoms with Crippen LogP contribution in [0.1, 0.15) is 35.6 Å². The maximum Gasteiger partial charge on any atom is 0.0703 e. The predicted octanol–water partition coefficient (Wildman–Crippen LogP) is 2.56. The molecule has 0 spiro atoms. The lowest BCUT2D eigenvalue weighted by atomic mass is 10.1. The first-order valence-electron chi connectivity index (χ1n) is 6.86. The van der Waals surface area contributed by atoms with E-state index >= 15 is 0 Å². The summed E-state index contributed by atoms with van der Waals surface area (Å²) in [5, 5.41) is 0. The van der Waals surface area contributed by atoms with Crippen molar-refractivity contribution in [3.63, 3.8) is 0 Å². The van der Waals surface area contributed by atoms with E-state index in [0.717, 1.165) is 19.7 Å². The lowest BCUT2D eigenvalue weighted by molar-refractivity contribution is 0.0607. The number of nitrogens with two attached hydrogens (primary N) is 1. The van der Waals surface area contributed by atoms with Gasteiger partial charge in [0.05, 0.1) is 12.1 Å². The molecular weight excluding hydrogens is 244 g/mol. The number of ether oxygens (including phenoxy) is 1. The normalized spacial score (nSPS) is 21.7. The fourth-order valence-electron chi connectivity index (χ4n) is 2.60. The van der Waals surface area contributed by atoms with Gasteiger partial charge in [-0.2, -0.15) is 0 Å². The van der Waals surface area contributed by atoms with Crippen LogP contribution in [-0.2, 0) is 4.74 Å². The highest BCUT2D eigenvalue weighted by atomic mass is 32.1. The van der Waals surface area contributed by atoms with Crippen molar-refractivity contribution in [1.82, 2.24) is 4.90 Å². The van der Waals surface area contributed by atoms with Crippen LogP contribution in [0.5, 0.6) is 0 Å². The molecule has 1 aliphatic rings. The summed E-state index contributed by atoms with van der Waals surface area (Å²) in [5.41, 5.74) is 5.99. The molecule has 1 aromatic rings. The molecule has 1 aromatic heterocycles. The highest BCUT2D eigenvalue weighted by Gasteiger charge is 2.24. The average molecular weight is 268 g/mol. The van der Waals surface area contributed by atoms with Gasteiger partial charge < -0.3 is 10.5 Å². The van der Waals surface area contributed by atoms with E-state index in [4.69, 9.17) is 10.5 Å². The standard InChI is InChI=1S/C14H24N2OS/c1-3-16(10-12-5-4-8-17-12)13(9-15)14-7-6-11(2)18-14/h6-7,12-13H,3-5,8-10,15H2,1-2H3. The summed E-state index contributed by atoms with van der Waals surface area (Å²) in [7, 11) is 0. The molecule has 2 unspecified atom stereocenters. The van der Waals surface area contributed by atoms with Crippen molar-refractivity contribution in [3.05, 3.63) is 21.9 Å². The molecule has 3 nitrogen and oxygen atoms in total. The highest BCUT2D eigenvalue weighted by Crippen LogP contribution is 2.28. The van der Waals surface area contributed by atoms with Crippen molar-refractivity contribution in [2.24, 2.45) is 5.73 Å². The summed E-state index contributed by atoms with van der Waals surface area (Å²) in [6.07, 6.45) is 2.80. The Morgan fingerprint density at radius 1 is 1.56 bits per heavy atom. The highest BCUT2D eigenvalue weighted by molar-refractivity contribution is 7.12. The second-order valence-corrected chi connectivity index (χ2v) is 6.24. The van der Waals surface area contributed by atoms with E-state index in [2.05, 4.69) is 30.9 Å². The van der Waals surface area contributed by atoms with Gasteiger partial charge in [-0.15, -0.1) is 11.3 Å². The summed E-state index contributed by atoms with van der Waals surface area (Å²) >= 11 is 1.86. The minimum Gasteiger partial charge on any atom is -0.377 e. The van der Waals surface area contributed by atoms with Gasteiger partial charge in [0.15, 0.2) is 0 Å². The summed E-state index contributed by atoms with van der Waals surface area (Å²) in [5.74, 6) is 0. The Labute approximate surface area is 114 Å². The summed E-state index contributed by atoms with van der Waals surface area (Å²) in [6, 6.07) is 4.75. The van der Waals surface area contributed by atoms with Crippen LogP contribution in [0, 0.1) is 6.92 Å². The summed E-state index contributed by atoms with van der Waals surface area (Å²) < 4.78 is 5.74.